The molecule has 0 heterocycles. The quantitative estimate of drug-likeness (QED) is 0.681. The molecule has 0 aliphatic rings. The topological polar surface area (TPSA) is 64.4 Å². The van der Waals surface area contributed by atoms with Crippen LogP contribution in [-0.2, 0) is 17.1 Å². The van der Waals surface area contributed by atoms with Crippen LogP contribution >= 0.6 is 0 Å². The van der Waals surface area contributed by atoms with Crippen LogP contribution in [0.5, 0.6) is 5.75 Å². The van der Waals surface area contributed by atoms with E-state index in [4.69, 9.17) is 10.5 Å². The second kappa shape index (κ2) is 8.81. The van der Waals surface area contributed by atoms with Gasteiger partial charge in [-0.05, 0) is 37.5 Å². The van der Waals surface area contributed by atoms with Crippen LogP contribution in [0.25, 0.3) is 0 Å². The molecule has 0 spiro atoms. The van der Waals surface area contributed by atoms with Gasteiger partial charge in [0, 0.05) is 0 Å². The lowest BCUT2D eigenvalue weighted by Crippen LogP contribution is -2.46. The third-order valence-electron chi connectivity index (χ3n) is 3.51. The number of benzene rings is 1. The van der Waals surface area contributed by atoms with Crippen molar-refractivity contribution in [1.29, 1.82) is 0 Å². The molecule has 154 valence electrons. The maximum Gasteiger partial charge on any atom is 0.416 e. The van der Waals surface area contributed by atoms with E-state index >= 15 is 0 Å². The fourth-order valence-corrected chi connectivity index (χ4v) is 2.24. The molecule has 0 bridgehead atoms. The average molecular weight is 400 g/mol. The van der Waals surface area contributed by atoms with E-state index in [2.05, 4.69) is 5.32 Å². The number of halogens is 6. The number of amides is 1. The smallest absolute Gasteiger partial charge is 0.416 e. The summed E-state index contributed by atoms with van der Waals surface area (Å²) < 4.78 is 81.9. The Morgan fingerprint density at radius 2 is 1.52 bits per heavy atom. The molecular weight excluding hydrogens is 378 g/mol. The molecule has 0 saturated carbocycles. The number of ether oxygens (including phenoxy) is 1. The van der Waals surface area contributed by atoms with Gasteiger partial charge in [0.1, 0.15) is 12.4 Å². The van der Waals surface area contributed by atoms with E-state index in [0.29, 0.717) is 18.6 Å². The van der Waals surface area contributed by atoms with Crippen LogP contribution in [0.3, 0.4) is 0 Å². The molecule has 0 aliphatic heterocycles. The fraction of sp³-hybridized carbons (Fsp3) is 0.588. The van der Waals surface area contributed by atoms with Gasteiger partial charge in [0.05, 0.1) is 23.2 Å². The highest BCUT2D eigenvalue weighted by atomic mass is 19.4. The fourth-order valence-electron chi connectivity index (χ4n) is 2.24. The van der Waals surface area contributed by atoms with Crippen LogP contribution in [0.1, 0.15) is 38.3 Å². The highest BCUT2D eigenvalue weighted by Gasteiger charge is 2.37. The first-order chi connectivity index (χ1) is 12.2. The molecule has 3 N–H and O–H groups in total. The van der Waals surface area contributed by atoms with Crippen molar-refractivity contribution in [2.45, 2.75) is 51.6 Å². The van der Waals surface area contributed by atoms with Gasteiger partial charge < -0.3 is 15.8 Å². The van der Waals surface area contributed by atoms with Gasteiger partial charge in [0.15, 0.2) is 0 Å². The van der Waals surface area contributed by atoms with Crippen molar-refractivity contribution in [2.24, 2.45) is 11.7 Å². The summed E-state index contributed by atoms with van der Waals surface area (Å²) >= 11 is 0. The summed E-state index contributed by atoms with van der Waals surface area (Å²) in [6.45, 7) is 4.94. The Bertz CT molecular complexity index is 611. The monoisotopic (exact) mass is 400 g/mol. The predicted molar refractivity (Wildman–Crippen MR) is 87.0 cm³/mol. The highest BCUT2D eigenvalue weighted by Crippen LogP contribution is 2.38. The Balaban J connectivity index is 2.82. The number of hydrogen-bond acceptors (Lipinski definition) is 3. The number of nitrogens with two attached hydrogens (primary N) is 1. The third-order valence-corrected chi connectivity index (χ3v) is 3.51. The van der Waals surface area contributed by atoms with Crippen molar-refractivity contribution in [2.75, 3.05) is 6.61 Å². The molecule has 1 amide bonds. The minimum absolute atomic E-state index is 0.0169. The van der Waals surface area contributed by atoms with Gasteiger partial charge in [-0.25, -0.2) is 0 Å². The largest absolute Gasteiger partial charge is 0.491 e. The Morgan fingerprint density at radius 3 is 1.93 bits per heavy atom. The van der Waals surface area contributed by atoms with Crippen molar-refractivity contribution >= 4 is 5.91 Å². The molecule has 27 heavy (non-hydrogen) atoms. The summed E-state index contributed by atoms with van der Waals surface area (Å²) in [6, 6.07) is -0.455. The molecule has 10 heteroatoms. The summed E-state index contributed by atoms with van der Waals surface area (Å²) in [5, 5.41) is 2.51. The average Bonchev–Trinajstić information content (AvgIpc) is 2.50. The van der Waals surface area contributed by atoms with Gasteiger partial charge in [0.2, 0.25) is 5.91 Å². The second-order valence-corrected chi connectivity index (χ2v) is 6.70. The van der Waals surface area contributed by atoms with Gasteiger partial charge in [-0.2, -0.15) is 26.3 Å². The molecule has 0 fully saturated rings. The maximum absolute atomic E-state index is 12.8. The van der Waals surface area contributed by atoms with E-state index in [-0.39, 0.29) is 18.6 Å². The van der Waals surface area contributed by atoms with Crippen LogP contribution in [-0.4, -0.2) is 24.6 Å². The molecule has 1 aromatic carbocycles. The van der Waals surface area contributed by atoms with Crippen LogP contribution in [0.2, 0.25) is 0 Å². The van der Waals surface area contributed by atoms with Gasteiger partial charge in [-0.15, -0.1) is 0 Å². The van der Waals surface area contributed by atoms with Crippen molar-refractivity contribution < 1.29 is 35.9 Å². The first-order valence-corrected chi connectivity index (χ1v) is 8.18. The van der Waals surface area contributed by atoms with E-state index in [0.717, 1.165) is 0 Å². The van der Waals surface area contributed by atoms with Gasteiger partial charge in [-0.1, -0.05) is 13.8 Å². The molecule has 4 nitrogen and oxygen atoms in total. The molecule has 1 aromatic rings. The zero-order chi connectivity index (χ0) is 21.0. The number of carbonyl (C=O) groups excluding carboxylic acids is 1. The second-order valence-electron chi connectivity index (χ2n) is 6.70. The molecule has 1 rings (SSSR count). The standard InChI is InChI=1S/C17H22F6N2O2/c1-9(2)4-14(24)15(26)25-10(3)8-27-13-6-11(16(18,19)20)5-12(7-13)17(21,22)23/h5-7,9-10,14H,4,8,24H2,1-3H3,(H,25,26)/t10-,14?/m1/s1. The summed E-state index contributed by atoms with van der Waals surface area (Å²) in [4.78, 5) is 11.9. The van der Waals surface area contributed by atoms with E-state index in [9.17, 15) is 31.1 Å². The zero-order valence-corrected chi connectivity index (χ0v) is 15.0. The zero-order valence-electron chi connectivity index (χ0n) is 15.0. The number of alkyl halides is 6. The minimum atomic E-state index is -4.96. The van der Waals surface area contributed by atoms with Crippen LogP contribution in [0.15, 0.2) is 18.2 Å². The first kappa shape index (κ1) is 23.1. The lowest BCUT2D eigenvalue weighted by molar-refractivity contribution is -0.143. The third kappa shape index (κ3) is 7.66. The Morgan fingerprint density at radius 1 is 1.04 bits per heavy atom. The first-order valence-electron chi connectivity index (χ1n) is 8.18. The molecule has 0 aliphatic carbocycles. The maximum atomic E-state index is 12.8. The number of rotatable bonds is 7. The van der Waals surface area contributed by atoms with E-state index in [1.807, 2.05) is 13.8 Å². The summed E-state index contributed by atoms with van der Waals surface area (Å²) in [7, 11) is 0. The molecule has 1 unspecified atom stereocenters. The van der Waals surface area contributed by atoms with Crippen LogP contribution < -0.4 is 15.8 Å². The van der Waals surface area contributed by atoms with E-state index in [1.165, 1.54) is 6.92 Å². The summed E-state index contributed by atoms with van der Waals surface area (Å²) in [6.07, 6.45) is -9.48. The molecular formula is C17H22F6N2O2. The lowest BCUT2D eigenvalue weighted by Gasteiger charge is -2.20. The summed E-state index contributed by atoms with van der Waals surface area (Å²) in [5.74, 6) is -0.882. The number of hydrogen-bond donors (Lipinski definition) is 2. The highest BCUT2D eigenvalue weighted by molar-refractivity contribution is 5.81. The van der Waals surface area contributed by atoms with Crippen LogP contribution in [0.4, 0.5) is 26.3 Å². The predicted octanol–water partition coefficient (Wildman–Crippen LogP) is 3.98. The Hall–Kier alpha value is -1.97. The lowest BCUT2D eigenvalue weighted by atomic mass is 10.0. The van der Waals surface area contributed by atoms with Gasteiger partial charge >= 0.3 is 12.4 Å². The van der Waals surface area contributed by atoms with Gasteiger partial charge in [0.25, 0.3) is 0 Å². The SMILES string of the molecule is CC(C)CC(N)C(=O)N[C@H](C)COc1cc(C(F)(F)F)cc(C(F)(F)F)c1. The van der Waals surface area contributed by atoms with Crippen molar-refractivity contribution in [3.63, 3.8) is 0 Å². The van der Waals surface area contributed by atoms with E-state index in [1.54, 1.807) is 0 Å². The summed E-state index contributed by atoms with van der Waals surface area (Å²) in [5.41, 5.74) is 2.77. The van der Waals surface area contributed by atoms with Crippen molar-refractivity contribution in [3.05, 3.63) is 29.3 Å². The number of carbonyl (C=O) groups is 1. The molecule has 0 aromatic heterocycles. The minimum Gasteiger partial charge on any atom is -0.491 e. The van der Waals surface area contributed by atoms with Crippen LogP contribution in [0, 0.1) is 5.92 Å². The molecule has 0 radical (unpaired) electrons. The Labute approximate surface area is 153 Å². The normalized spacial score (nSPS) is 14.8. The van der Waals surface area contributed by atoms with Gasteiger partial charge in [-0.3, -0.25) is 4.79 Å². The number of nitrogens with one attached hydrogen (secondary N) is 1. The molecule has 2 atom stereocenters. The van der Waals surface area contributed by atoms with E-state index < -0.39 is 47.2 Å². The molecule has 0 saturated heterocycles. The van der Waals surface area contributed by atoms with Crippen molar-refractivity contribution in [1.82, 2.24) is 5.32 Å². The Kier molecular flexibility index (Phi) is 7.53. The van der Waals surface area contributed by atoms with Crippen molar-refractivity contribution in [3.8, 4) is 5.75 Å².